The van der Waals surface area contributed by atoms with Crippen LogP contribution >= 0.6 is 11.8 Å². The number of thioether (sulfide) groups is 1. The lowest BCUT2D eigenvalue weighted by atomic mass is 10.1. The summed E-state index contributed by atoms with van der Waals surface area (Å²) in [6, 6.07) is 4.80. The van der Waals surface area contributed by atoms with Crippen LogP contribution in [-0.4, -0.2) is 46.4 Å². The maximum atomic E-state index is 12.6. The van der Waals surface area contributed by atoms with Gasteiger partial charge < -0.3 is 14.6 Å². The number of rotatable bonds is 7. The van der Waals surface area contributed by atoms with Gasteiger partial charge in [0.15, 0.2) is 17.6 Å². The predicted octanol–water partition coefficient (Wildman–Crippen LogP) is 3.38. The van der Waals surface area contributed by atoms with Crippen LogP contribution in [0, 0.1) is 0 Å². The first-order chi connectivity index (χ1) is 12.3. The normalized spacial score (nSPS) is 18.2. The van der Waals surface area contributed by atoms with Gasteiger partial charge in [-0.3, -0.25) is 14.5 Å². The van der Waals surface area contributed by atoms with Gasteiger partial charge in [0.05, 0.1) is 12.0 Å². The minimum absolute atomic E-state index is 0.193. The number of imide groups is 1. The molecule has 1 aromatic rings. The van der Waals surface area contributed by atoms with E-state index < -0.39 is 12.1 Å². The van der Waals surface area contributed by atoms with Gasteiger partial charge in [0.1, 0.15) is 0 Å². The van der Waals surface area contributed by atoms with Crippen LogP contribution in [-0.2, 0) is 9.59 Å². The van der Waals surface area contributed by atoms with E-state index >= 15 is 0 Å². The highest BCUT2D eigenvalue weighted by atomic mass is 32.2. The second-order valence-corrected chi connectivity index (χ2v) is 6.78. The molecule has 0 radical (unpaired) electrons. The lowest BCUT2D eigenvalue weighted by Crippen LogP contribution is -2.36. The Labute approximate surface area is 156 Å². The molecule has 0 spiro atoms. The number of hydrogen-bond donors (Lipinski definition) is 1. The molecular formula is C18H21NO6S. The summed E-state index contributed by atoms with van der Waals surface area (Å²) in [5, 5.41) is 8.77. The van der Waals surface area contributed by atoms with Crippen molar-refractivity contribution < 1.29 is 29.0 Å². The first-order valence-electron chi connectivity index (χ1n) is 8.13. The van der Waals surface area contributed by atoms with Crippen LogP contribution in [0.5, 0.6) is 11.5 Å². The molecule has 0 unspecified atom stereocenters. The third-order valence-electron chi connectivity index (χ3n) is 4.01. The van der Waals surface area contributed by atoms with Crippen LogP contribution in [0.2, 0.25) is 0 Å². The number of carbonyl (C=O) groups excluding carboxylic acids is 2. The summed E-state index contributed by atoms with van der Waals surface area (Å²) in [5.41, 5.74) is 0.465. The van der Waals surface area contributed by atoms with Gasteiger partial charge in [0.25, 0.3) is 11.1 Å². The molecule has 1 heterocycles. The molecule has 1 saturated heterocycles. The molecule has 1 aliphatic rings. The second kappa shape index (κ2) is 8.27. The molecule has 8 heteroatoms. The molecule has 0 bridgehead atoms. The number of para-hydroxylation sites is 1. The highest BCUT2D eigenvalue weighted by Gasteiger charge is 2.37. The van der Waals surface area contributed by atoms with Crippen LogP contribution in [0.3, 0.4) is 0 Å². The van der Waals surface area contributed by atoms with Crippen molar-refractivity contribution in [1.82, 2.24) is 4.90 Å². The summed E-state index contributed by atoms with van der Waals surface area (Å²) in [7, 11) is 1.44. The number of carboxylic acid groups (broad SMARTS) is 1. The minimum atomic E-state index is -1.13. The Hall–Kier alpha value is -2.48. The predicted molar refractivity (Wildman–Crippen MR) is 98.3 cm³/mol. The number of nitrogens with zero attached hydrogens (tertiary/aromatic N) is 1. The fraction of sp³-hybridized carbons (Fsp3) is 0.389. The largest absolute Gasteiger partial charge is 0.493 e. The molecular weight excluding hydrogens is 358 g/mol. The quantitative estimate of drug-likeness (QED) is 0.726. The third-order valence-corrected chi connectivity index (χ3v) is 4.90. The zero-order valence-electron chi connectivity index (χ0n) is 15.0. The van der Waals surface area contributed by atoms with E-state index in [9.17, 15) is 14.4 Å². The highest BCUT2D eigenvalue weighted by Crippen LogP contribution is 2.38. The number of benzene rings is 1. The van der Waals surface area contributed by atoms with Crippen molar-refractivity contribution in [2.45, 2.75) is 39.3 Å². The maximum Gasteiger partial charge on any atom is 0.344 e. The molecule has 2 rings (SSSR count). The lowest BCUT2D eigenvalue weighted by molar-refractivity contribution is -0.144. The molecule has 1 fully saturated rings. The Balaban J connectivity index is 2.43. The average Bonchev–Trinajstić information content (AvgIpc) is 2.89. The van der Waals surface area contributed by atoms with E-state index in [1.54, 1.807) is 18.2 Å². The molecule has 1 aromatic carbocycles. The van der Waals surface area contributed by atoms with E-state index in [1.807, 2.05) is 13.8 Å². The van der Waals surface area contributed by atoms with Gasteiger partial charge in [0.2, 0.25) is 0 Å². The van der Waals surface area contributed by atoms with Gasteiger partial charge in [-0.2, -0.15) is 0 Å². The van der Waals surface area contributed by atoms with E-state index in [0.717, 1.165) is 11.8 Å². The van der Waals surface area contributed by atoms with Crippen LogP contribution in [0.25, 0.3) is 6.08 Å². The van der Waals surface area contributed by atoms with Crippen molar-refractivity contribution in [3.05, 3.63) is 28.7 Å². The first-order valence-corrected chi connectivity index (χ1v) is 8.95. The number of carboxylic acids is 1. The van der Waals surface area contributed by atoms with Gasteiger partial charge in [-0.15, -0.1) is 0 Å². The fourth-order valence-corrected chi connectivity index (χ4v) is 3.27. The summed E-state index contributed by atoms with van der Waals surface area (Å²) >= 11 is 0.854. The SMILES string of the molecule is CC[C@H](C)N1C(=O)S/C(=C/c2cccc(OC)c2O[C@@H](C)C(=O)O)C1=O. The summed E-state index contributed by atoms with van der Waals surface area (Å²) in [6.45, 7) is 5.11. The number of ether oxygens (including phenoxy) is 2. The van der Waals surface area contributed by atoms with E-state index in [-0.39, 0.29) is 27.8 Å². The zero-order valence-corrected chi connectivity index (χ0v) is 15.8. The van der Waals surface area contributed by atoms with E-state index in [0.29, 0.717) is 17.7 Å². The molecule has 0 aromatic heterocycles. The van der Waals surface area contributed by atoms with Crippen molar-refractivity contribution in [3.63, 3.8) is 0 Å². The number of carbonyl (C=O) groups is 3. The molecule has 1 N–H and O–H groups in total. The minimum Gasteiger partial charge on any atom is -0.493 e. The summed E-state index contributed by atoms with van der Waals surface area (Å²) in [4.78, 5) is 37.3. The Kier molecular flexibility index (Phi) is 6.31. The van der Waals surface area contributed by atoms with Crippen molar-refractivity contribution in [2.75, 3.05) is 7.11 Å². The zero-order chi connectivity index (χ0) is 19.4. The van der Waals surface area contributed by atoms with Gasteiger partial charge in [-0.05, 0) is 44.2 Å². The summed E-state index contributed by atoms with van der Waals surface area (Å²) < 4.78 is 10.7. The third kappa shape index (κ3) is 4.01. The monoisotopic (exact) mass is 379 g/mol. The molecule has 7 nitrogen and oxygen atoms in total. The van der Waals surface area contributed by atoms with Crippen LogP contribution in [0.4, 0.5) is 4.79 Å². The van der Waals surface area contributed by atoms with Gasteiger partial charge >= 0.3 is 5.97 Å². The molecule has 26 heavy (non-hydrogen) atoms. The summed E-state index contributed by atoms with van der Waals surface area (Å²) in [6.07, 6.45) is 1.09. The van der Waals surface area contributed by atoms with E-state index in [4.69, 9.17) is 14.6 Å². The number of hydrogen-bond acceptors (Lipinski definition) is 6. The topological polar surface area (TPSA) is 93.1 Å². The Bertz CT molecular complexity index is 760. The molecule has 2 atom stereocenters. The summed E-state index contributed by atoms with van der Waals surface area (Å²) in [5.74, 6) is -0.943. The standard InChI is InChI=1S/C18H21NO6S/c1-5-10(2)19-16(20)14(26-18(19)23)9-12-7-6-8-13(24-4)15(12)25-11(3)17(21)22/h6-11H,5H2,1-4H3,(H,21,22)/b14-9+/t10-,11-/m0/s1. The smallest absolute Gasteiger partial charge is 0.344 e. The van der Waals surface area contributed by atoms with Gasteiger partial charge in [-0.1, -0.05) is 19.1 Å². The maximum absolute atomic E-state index is 12.6. The Morgan fingerprint density at radius 1 is 1.35 bits per heavy atom. The fourth-order valence-electron chi connectivity index (χ4n) is 2.34. The first kappa shape index (κ1) is 19.8. The van der Waals surface area contributed by atoms with Gasteiger partial charge in [-0.25, -0.2) is 4.79 Å². The molecule has 140 valence electrons. The van der Waals surface area contributed by atoms with Gasteiger partial charge in [0, 0.05) is 11.6 Å². The van der Waals surface area contributed by atoms with Crippen molar-refractivity contribution >= 4 is 35.0 Å². The molecule has 2 amide bonds. The Morgan fingerprint density at radius 2 is 2.04 bits per heavy atom. The van der Waals surface area contributed by atoms with Crippen molar-refractivity contribution in [3.8, 4) is 11.5 Å². The van der Waals surface area contributed by atoms with Crippen LogP contribution in [0.1, 0.15) is 32.8 Å². The lowest BCUT2D eigenvalue weighted by Gasteiger charge is -2.19. The van der Waals surface area contributed by atoms with Crippen molar-refractivity contribution in [2.24, 2.45) is 0 Å². The van der Waals surface area contributed by atoms with Crippen LogP contribution in [0.15, 0.2) is 23.1 Å². The van der Waals surface area contributed by atoms with Crippen LogP contribution < -0.4 is 9.47 Å². The second-order valence-electron chi connectivity index (χ2n) is 5.79. The number of aliphatic carboxylic acids is 1. The molecule has 1 aliphatic heterocycles. The average molecular weight is 379 g/mol. The molecule has 0 aliphatic carbocycles. The molecule has 0 saturated carbocycles. The number of methoxy groups -OCH3 is 1. The van der Waals surface area contributed by atoms with Crippen molar-refractivity contribution in [1.29, 1.82) is 0 Å². The Morgan fingerprint density at radius 3 is 2.62 bits per heavy atom. The number of amides is 2. The highest BCUT2D eigenvalue weighted by molar-refractivity contribution is 8.18. The van der Waals surface area contributed by atoms with E-state index in [2.05, 4.69) is 0 Å². The van der Waals surface area contributed by atoms with E-state index in [1.165, 1.54) is 25.0 Å².